The number of amides is 2. The average Bonchev–Trinajstić information content (AvgIpc) is 3.14. The summed E-state index contributed by atoms with van der Waals surface area (Å²) in [7, 11) is 0. The minimum atomic E-state index is -0.920. The molecule has 25 heavy (non-hydrogen) atoms. The Balaban J connectivity index is 2.08. The van der Waals surface area contributed by atoms with Crippen LogP contribution in [0.15, 0.2) is 17.6 Å². The molecule has 0 spiro atoms. The summed E-state index contributed by atoms with van der Waals surface area (Å²) in [5, 5.41) is 0. The molecule has 2 atom stereocenters. The molecule has 0 aliphatic heterocycles. The maximum absolute atomic E-state index is 14.0. The molecule has 1 aliphatic carbocycles. The molecular weight excluding hydrogens is 348 g/mol. The first-order chi connectivity index (χ1) is 11.8. The lowest BCUT2D eigenvalue weighted by Gasteiger charge is -2.33. The maximum Gasteiger partial charge on any atom is 0.267 e. The molecule has 132 valence electrons. The van der Waals surface area contributed by atoms with E-state index in [-0.39, 0.29) is 0 Å². The monoisotopic (exact) mass is 365 g/mol. The molecule has 2 N–H and O–H groups in total. The van der Waals surface area contributed by atoms with Gasteiger partial charge in [-0.2, -0.15) is 0 Å². The maximum atomic E-state index is 14.0. The highest BCUT2D eigenvalue weighted by Gasteiger charge is 2.38. The van der Waals surface area contributed by atoms with Gasteiger partial charge < -0.3 is 10.6 Å². The summed E-state index contributed by atoms with van der Waals surface area (Å²) in [5.74, 6) is -2.43. The number of nitrogens with two attached hydrogens (primary N) is 1. The molecule has 1 aromatic heterocycles. The third-order valence-electron chi connectivity index (χ3n) is 4.56. The van der Waals surface area contributed by atoms with Gasteiger partial charge in [0.15, 0.2) is 0 Å². The second-order valence-corrected chi connectivity index (χ2v) is 6.92. The molecule has 0 radical (unpaired) electrons. The van der Waals surface area contributed by atoms with Crippen molar-refractivity contribution in [2.24, 2.45) is 5.73 Å². The Morgan fingerprint density at radius 2 is 2.12 bits per heavy atom. The summed E-state index contributed by atoms with van der Waals surface area (Å²) in [6.45, 7) is 3.21. The van der Waals surface area contributed by atoms with Crippen molar-refractivity contribution in [3.63, 3.8) is 0 Å². The van der Waals surface area contributed by atoms with Crippen molar-refractivity contribution in [1.29, 1.82) is 0 Å². The minimum absolute atomic E-state index is 0.364. The minimum Gasteiger partial charge on any atom is -0.368 e. The molecule has 0 bridgehead atoms. The fourth-order valence-corrected chi connectivity index (χ4v) is 4.00. The fourth-order valence-electron chi connectivity index (χ4n) is 3.26. The van der Waals surface area contributed by atoms with E-state index >= 15 is 0 Å². The molecule has 1 aromatic carbocycles. The largest absolute Gasteiger partial charge is 0.368 e. The van der Waals surface area contributed by atoms with Crippen LogP contribution in [0.2, 0.25) is 0 Å². The summed E-state index contributed by atoms with van der Waals surface area (Å²) in [4.78, 5) is 30.6. The van der Waals surface area contributed by atoms with Gasteiger partial charge in [0.05, 0.1) is 17.2 Å². The lowest BCUT2D eigenvalue weighted by Crippen LogP contribution is -2.47. The van der Waals surface area contributed by atoms with Crippen molar-refractivity contribution < 1.29 is 18.4 Å². The Morgan fingerprint density at radius 1 is 1.40 bits per heavy atom. The Labute approximate surface area is 147 Å². The molecule has 0 unspecified atom stereocenters. The number of carbonyl (C=O) groups excluding carboxylic acids is 2. The van der Waals surface area contributed by atoms with Gasteiger partial charge in [-0.3, -0.25) is 9.59 Å². The van der Waals surface area contributed by atoms with Crippen molar-refractivity contribution in [2.45, 2.75) is 38.8 Å². The molecule has 2 aromatic rings. The Bertz CT molecular complexity index is 852. The van der Waals surface area contributed by atoms with E-state index < -0.39 is 35.5 Å². The second-order valence-electron chi connectivity index (χ2n) is 6.07. The summed E-state index contributed by atoms with van der Waals surface area (Å²) in [6, 6.07) is 0.523. The average molecular weight is 365 g/mol. The molecular formula is C17H17F2N3O2S. The summed E-state index contributed by atoms with van der Waals surface area (Å²) >= 11 is 1.16. The lowest BCUT2D eigenvalue weighted by atomic mass is 10.0. The van der Waals surface area contributed by atoms with Gasteiger partial charge in [0, 0.05) is 6.07 Å². The number of aromatic nitrogens is 1. The molecule has 1 aliphatic rings. The van der Waals surface area contributed by atoms with Crippen molar-refractivity contribution in [1.82, 2.24) is 9.88 Å². The number of thiazole rings is 1. The zero-order chi connectivity index (χ0) is 18.3. The molecule has 5 nitrogen and oxygen atoms in total. The smallest absolute Gasteiger partial charge is 0.267 e. The van der Waals surface area contributed by atoms with Crippen LogP contribution < -0.4 is 5.73 Å². The molecule has 0 saturated carbocycles. The number of hydrogen-bond acceptors (Lipinski definition) is 4. The van der Waals surface area contributed by atoms with E-state index in [9.17, 15) is 18.4 Å². The number of hydrogen-bond donors (Lipinski definition) is 1. The van der Waals surface area contributed by atoms with Gasteiger partial charge in [0.2, 0.25) is 5.91 Å². The van der Waals surface area contributed by atoms with Crippen LogP contribution in [-0.2, 0) is 11.2 Å². The van der Waals surface area contributed by atoms with E-state index in [0.29, 0.717) is 34.5 Å². The standard InChI is InChI=1S/C17H17F2N3O2S/c1-8-15(25-7-21-8)17(24)22(9(2)16(20)23)14-4-3-11-12(14)5-10(18)6-13(11)19/h5-7,9,14H,3-4H2,1-2H3,(H2,20,23)/t9-,14-/m1/s1. The topological polar surface area (TPSA) is 76.3 Å². The Kier molecular flexibility index (Phi) is 4.55. The Hall–Kier alpha value is -2.35. The number of carbonyl (C=O) groups is 2. The van der Waals surface area contributed by atoms with Crippen LogP contribution in [0.4, 0.5) is 8.78 Å². The number of halogens is 2. The van der Waals surface area contributed by atoms with E-state index in [1.165, 1.54) is 23.4 Å². The second kappa shape index (κ2) is 6.51. The van der Waals surface area contributed by atoms with Gasteiger partial charge in [0.1, 0.15) is 22.6 Å². The van der Waals surface area contributed by atoms with E-state index in [1.807, 2.05) is 0 Å². The molecule has 0 fully saturated rings. The Morgan fingerprint density at radius 3 is 2.72 bits per heavy atom. The number of nitrogens with zero attached hydrogens (tertiary/aromatic N) is 2. The third kappa shape index (κ3) is 3.02. The molecule has 8 heteroatoms. The highest BCUT2D eigenvalue weighted by atomic mass is 32.1. The van der Waals surface area contributed by atoms with Crippen LogP contribution in [0, 0.1) is 18.6 Å². The van der Waals surface area contributed by atoms with Crippen molar-refractivity contribution in [3.8, 4) is 0 Å². The van der Waals surface area contributed by atoms with Crippen LogP contribution in [0.5, 0.6) is 0 Å². The highest BCUT2D eigenvalue weighted by molar-refractivity contribution is 7.11. The van der Waals surface area contributed by atoms with Gasteiger partial charge in [-0.05, 0) is 43.9 Å². The summed E-state index contributed by atoms with van der Waals surface area (Å²) in [6.07, 6.45) is 0.764. The van der Waals surface area contributed by atoms with Crippen molar-refractivity contribution in [3.05, 3.63) is 51.0 Å². The number of primary amides is 1. The normalized spacial score (nSPS) is 17.2. The quantitative estimate of drug-likeness (QED) is 0.905. The summed E-state index contributed by atoms with van der Waals surface area (Å²) < 4.78 is 27.8. The molecule has 0 saturated heterocycles. The zero-order valence-corrected chi connectivity index (χ0v) is 14.6. The van der Waals surface area contributed by atoms with Crippen LogP contribution >= 0.6 is 11.3 Å². The predicted molar refractivity (Wildman–Crippen MR) is 89.1 cm³/mol. The SMILES string of the molecule is Cc1ncsc1C(=O)N([C@H](C)C(N)=O)[C@@H]1CCc2c(F)cc(F)cc21. The van der Waals surface area contributed by atoms with Gasteiger partial charge in [-0.1, -0.05) is 0 Å². The molecule has 1 heterocycles. The first kappa shape index (κ1) is 17.5. The van der Waals surface area contributed by atoms with E-state index in [0.717, 1.165) is 17.4 Å². The molecule has 3 rings (SSSR count). The number of aryl methyl sites for hydroxylation is 1. The zero-order valence-electron chi connectivity index (χ0n) is 13.8. The van der Waals surface area contributed by atoms with Crippen molar-refractivity contribution in [2.75, 3.05) is 0 Å². The highest BCUT2D eigenvalue weighted by Crippen LogP contribution is 2.39. The predicted octanol–water partition coefficient (Wildman–Crippen LogP) is 2.73. The third-order valence-corrected chi connectivity index (χ3v) is 5.48. The summed E-state index contributed by atoms with van der Waals surface area (Å²) in [5.41, 5.74) is 8.27. The van der Waals surface area contributed by atoms with Gasteiger partial charge in [-0.25, -0.2) is 13.8 Å². The van der Waals surface area contributed by atoms with Crippen LogP contribution in [0.1, 0.15) is 45.9 Å². The van der Waals surface area contributed by atoms with E-state index in [1.54, 1.807) is 6.92 Å². The first-order valence-electron chi connectivity index (χ1n) is 7.81. The van der Waals surface area contributed by atoms with Crippen LogP contribution in [0.25, 0.3) is 0 Å². The van der Waals surface area contributed by atoms with E-state index in [4.69, 9.17) is 5.73 Å². The lowest BCUT2D eigenvalue weighted by molar-refractivity contribution is -0.122. The number of rotatable bonds is 4. The number of fused-ring (bicyclic) bond motifs is 1. The van der Waals surface area contributed by atoms with E-state index in [2.05, 4.69) is 4.98 Å². The van der Waals surface area contributed by atoms with Gasteiger partial charge >= 0.3 is 0 Å². The fraction of sp³-hybridized carbons (Fsp3) is 0.353. The first-order valence-corrected chi connectivity index (χ1v) is 8.69. The van der Waals surface area contributed by atoms with Gasteiger partial charge in [-0.15, -0.1) is 11.3 Å². The molecule has 2 amide bonds. The van der Waals surface area contributed by atoms with Crippen LogP contribution in [0.3, 0.4) is 0 Å². The van der Waals surface area contributed by atoms with Crippen molar-refractivity contribution >= 4 is 23.2 Å². The van der Waals surface area contributed by atoms with Gasteiger partial charge in [0.25, 0.3) is 5.91 Å². The van der Waals surface area contributed by atoms with Crippen LogP contribution in [-0.4, -0.2) is 27.7 Å². The number of benzene rings is 1.